The molecule has 0 N–H and O–H groups in total. The molecule has 0 fully saturated rings. The Kier molecular flexibility index (Phi) is 4.04. The normalized spacial score (nSPS) is 14.7. The summed E-state index contributed by atoms with van der Waals surface area (Å²) in [5.74, 6) is 0.806. The Balaban J connectivity index is 2.03. The van der Waals surface area contributed by atoms with Crippen LogP contribution in [0.3, 0.4) is 0 Å². The number of hydrogen-bond acceptors (Lipinski definition) is 5. The van der Waals surface area contributed by atoms with Crippen LogP contribution in [-0.2, 0) is 9.53 Å². The minimum Gasteiger partial charge on any atom is -0.486 e. The summed E-state index contributed by atoms with van der Waals surface area (Å²) in [5, 5.41) is 8.52. The zero-order valence-corrected chi connectivity index (χ0v) is 10.5. The summed E-state index contributed by atoms with van der Waals surface area (Å²) in [4.78, 5) is 11.4. The molecule has 0 radical (unpaired) electrons. The van der Waals surface area contributed by atoms with E-state index in [-0.39, 0.29) is 0 Å². The van der Waals surface area contributed by atoms with Gasteiger partial charge < -0.3 is 14.2 Å². The Morgan fingerprint density at radius 2 is 2.16 bits per heavy atom. The van der Waals surface area contributed by atoms with Crippen LogP contribution in [-0.4, -0.2) is 25.3 Å². The third kappa shape index (κ3) is 3.49. The first-order valence-corrected chi connectivity index (χ1v) is 5.87. The number of fused-ring (bicyclic) bond motifs is 1. The van der Waals surface area contributed by atoms with Crippen molar-refractivity contribution in [2.24, 2.45) is 0 Å². The minimum atomic E-state index is -0.752. The molecule has 0 bridgehead atoms. The average molecular weight is 259 g/mol. The van der Waals surface area contributed by atoms with Crippen molar-refractivity contribution in [3.63, 3.8) is 0 Å². The highest BCUT2D eigenvalue weighted by Gasteiger charge is 2.11. The van der Waals surface area contributed by atoms with E-state index in [1.54, 1.807) is 18.2 Å². The molecule has 1 atom stereocenters. The highest BCUT2D eigenvalue weighted by atomic mass is 16.6. The van der Waals surface area contributed by atoms with Gasteiger partial charge in [-0.3, -0.25) is 0 Å². The topological polar surface area (TPSA) is 68.5 Å². The average Bonchev–Trinajstić information content (AvgIpc) is 2.44. The van der Waals surface area contributed by atoms with Crippen LogP contribution in [0.25, 0.3) is 6.08 Å². The Bertz CT molecular complexity index is 545. The van der Waals surface area contributed by atoms with Crippen molar-refractivity contribution in [2.45, 2.75) is 13.0 Å². The van der Waals surface area contributed by atoms with Crippen molar-refractivity contribution in [2.75, 3.05) is 13.2 Å². The standard InChI is InChI=1S/C14H13NO4/c1-10(9-15)19-14(16)5-3-11-2-4-12-13(8-11)18-7-6-17-12/h2-5,8,10H,6-7H2,1H3/b5-3+/t10-/m1/s1. The molecule has 1 aromatic rings. The molecule has 98 valence electrons. The van der Waals surface area contributed by atoms with Gasteiger partial charge in [-0.2, -0.15) is 5.26 Å². The van der Waals surface area contributed by atoms with E-state index in [1.807, 2.05) is 12.1 Å². The van der Waals surface area contributed by atoms with E-state index >= 15 is 0 Å². The molecule has 0 saturated carbocycles. The van der Waals surface area contributed by atoms with E-state index in [4.69, 9.17) is 19.5 Å². The van der Waals surface area contributed by atoms with Crippen LogP contribution in [0.5, 0.6) is 11.5 Å². The molecule has 0 aromatic heterocycles. The van der Waals surface area contributed by atoms with Gasteiger partial charge in [0.1, 0.15) is 19.3 Å². The second-order valence-electron chi connectivity index (χ2n) is 3.94. The molecule has 0 spiro atoms. The zero-order valence-electron chi connectivity index (χ0n) is 10.5. The molecule has 0 saturated heterocycles. The molecule has 19 heavy (non-hydrogen) atoms. The van der Waals surface area contributed by atoms with Crippen molar-refractivity contribution in [3.05, 3.63) is 29.8 Å². The maximum atomic E-state index is 11.4. The van der Waals surface area contributed by atoms with E-state index in [9.17, 15) is 4.79 Å². The van der Waals surface area contributed by atoms with Gasteiger partial charge in [0, 0.05) is 6.08 Å². The van der Waals surface area contributed by atoms with Gasteiger partial charge in [-0.15, -0.1) is 0 Å². The SMILES string of the molecule is C[C@H](C#N)OC(=O)/C=C/c1ccc2c(c1)OCCO2. The number of ether oxygens (including phenoxy) is 3. The predicted molar refractivity (Wildman–Crippen MR) is 67.6 cm³/mol. The van der Waals surface area contributed by atoms with Gasteiger partial charge in [-0.1, -0.05) is 6.07 Å². The highest BCUT2D eigenvalue weighted by molar-refractivity contribution is 5.87. The van der Waals surface area contributed by atoms with Crippen LogP contribution >= 0.6 is 0 Å². The third-order valence-corrected chi connectivity index (χ3v) is 2.45. The third-order valence-electron chi connectivity index (χ3n) is 2.45. The Morgan fingerprint density at radius 3 is 2.89 bits per heavy atom. The first kappa shape index (κ1) is 13.0. The monoisotopic (exact) mass is 259 g/mol. The summed E-state index contributed by atoms with van der Waals surface area (Å²) in [6.07, 6.45) is 2.13. The van der Waals surface area contributed by atoms with E-state index < -0.39 is 12.1 Å². The quantitative estimate of drug-likeness (QED) is 0.612. The summed E-state index contributed by atoms with van der Waals surface area (Å²) in [5.41, 5.74) is 0.797. The summed E-state index contributed by atoms with van der Waals surface area (Å²) < 4.78 is 15.6. The Morgan fingerprint density at radius 1 is 1.42 bits per heavy atom. The van der Waals surface area contributed by atoms with Crippen molar-refractivity contribution >= 4 is 12.0 Å². The number of rotatable bonds is 3. The summed E-state index contributed by atoms with van der Waals surface area (Å²) in [6, 6.07) is 7.20. The van der Waals surface area contributed by atoms with Crippen molar-refractivity contribution < 1.29 is 19.0 Å². The lowest BCUT2D eigenvalue weighted by molar-refractivity contribution is -0.139. The van der Waals surface area contributed by atoms with Crippen LogP contribution < -0.4 is 9.47 Å². The van der Waals surface area contributed by atoms with Crippen LogP contribution in [0.4, 0.5) is 0 Å². The van der Waals surface area contributed by atoms with Gasteiger partial charge in [0.2, 0.25) is 0 Å². The van der Waals surface area contributed by atoms with Crippen LogP contribution in [0.2, 0.25) is 0 Å². The first-order valence-electron chi connectivity index (χ1n) is 5.87. The second kappa shape index (κ2) is 5.91. The van der Waals surface area contributed by atoms with Crippen LogP contribution in [0, 0.1) is 11.3 Å². The van der Waals surface area contributed by atoms with E-state index in [0.717, 1.165) is 5.56 Å². The van der Waals surface area contributed by atoms with Crippen molar-refractivity contribution in [3.8, 4) is 17.6 Å². The number of carbonyl (C=O) groups excluding carboxylic acids is 1. The molecule has 1 heterocycles. The Labute approximate surface area is 111 Å². The zero-order chi connectivity index (χ0) is 13.7. The number of hydrogen-bond donors (Lipinski definition) is 0. The molecular weight excluding hydrogens is 246 g/mol. The Hall–Kier alpha value is -2.48. The number of nitriles is 1. The van der Waals surface area contributed by atoms with E-state index in [0.29, 0.717) is 24.7 Å². The highest BCUT2D eigenvalue weighted by Crippen LogP contribution is 2.31. The van der Waals surface area contributed by atoms with Gasteiger partial charge in [-0.25, -0.2) is 4.79 Å². The molecule has 5 heteroatoms. The fourth-order valence-corrected chi connectivity index (χ4v) is 1.57. The molecule has 1 aliphatic rings. The van der Waals surface area contributed by atoms with Gasteiger partial charge >= 0.3 is 5.97 Å². The molecule has 0 aliphatic carbocycles. The molecule has 0 unspecified atom stereocenters. The predicted octanol–water partition coefficient (Wildman–Crippen LogP) is 1.93. The fraction of sp³-hybridized carbons (Fsp3) is 0.286. The molecule has 1 aromatic carbocycles. The minimum absolute atomic E-state index is 0.516. The van der Waals surface area contributed by atoms with Gasteiger partial charge in [0.15, 0.2) is 17.6 Å². The van der Waals surface area contributed by atoms with Crippen molar-refractivity contribution in [1.82, 2.24) is 0 Å². The number of nitrogens with zero attached hydrogens (tertiary/aromatic N) is 1. The second-order valence-corrected chi connectivity index (χ2v) is 3.94. The number of esters is 1. The molecule has 5 nitrogen and oxygen atoms in total. The molecule has 0 amide bonds. The maximum absolute atomic E-state index is 11.4. The molecular formula is C14H13NO4. The summed E-state index contributed by atoms with van der Waals surface area (Å²) in [7, 11) is 0. The lowest BCUT2D eigenvalue weighted by Crippen LogP contribution is -2.15. The lowest BCUT2D eigenvalue weighted by Gasteiger charge is -2.18. The summed E-state index contributed by atoms with van der Waals surface area (Å²) in [6.45, 7) is 2.57. The largest absolute Gasteiger partial charge is 0.486 e. The van der Waals surface area contributed by atoms with Gasteiger partial charge in [-0.05, 0) is 30.7 Å². The smallest absolute Gasteiger partial charge is 0.332 e. The van der Waals surface area contributed by atoms with Gasteiger partial charge in [0.25, 0.3) is 0 Å². The molecule has 2 rings (SSSR count). The van der Waals surface area contributed by atoms with Gasteiger partial charge in [0.05, 0.1) is 0 Å². The number of carbonyl (C=O) groups is 1. The van der Waals surface area contributed by atoms with E-state index in [1.165, 1.54) is 13.0 Å². The van der Waals surface area contributed by atoms with Crippen LogP contribution in [0.1, 0.15) is 12.5 Å². The number of benzene rings is 1. The lowest BCUT2D eigenvalue weighted by atomic mass is 10.2. The summed E-state index contributed by atoms with van der Waals surface area (Å²) >= 11 is 0. The fourth-order valence-electron chi connectivity index (χ4n) is 1.57. The van der Waals surface area contributed by atoms with Crippen LogP contribution in [0.15, 0.2) is 24.3 Å². The van der Waals surface area contributed by atoms with E-state index in [2.05, 4.69) is 0 Å². The molecule has 1 aliphatic heterocycles. The first-order chi connectivity index (χ1) is 9.19. The maximum Gasteiger partial charge on any atom is 0.332 e. The van der Waals surface area contributed by atoms with Crippen molar-refractivity contribution in [1.29, 1.82) is 5.26 Å².